The smallest absolute Gasteiger partial charge is 0.250 e. The standard InChI is InChI=1S/C22H16Cl2N2O2S/c1-12-6-7-13(2)21-20(12)26-22(29-21)25-18(27)11-9-14-8-10-17(28-14)15-4-3-5-16(23)19(15)24/h3-11H,1-2H3,(H,25,26,27)/b11-9+. The molecule has 146 valence electrons. The maximum Gasteiger partial charge on any atom is 0.250 e. The molecule has 2 heterocycles. The molecular weight excluding hydrogens is 427 g/mol. The van der Waals surface area contributed by atoms with Crippen LogP contribution in [0.5, 0.6) is 0 Å². The Balaban J connectivity index is 1.49. The molecule has 0 aliphatic carbocycles. The van der Waals surface area contributed by atoms with Gasteiger partial charge in [0.2, 0.25) is 5.91 Å². The van der Waals surface area contributed by atoms with E-state index in [1.54, 1.807) is 30.3 Å². The molecule has 4 aromatic rings. The van der Waals surface area contributed by atoms with Gasteiger partial charge < -0.3 is 4.42 Å². The molecule has 0 unspecified atom stereocenters. The number of amides is 1. The van der Waals surface area contributed by atoms with Crippen LogP contribution in [0.25, 0.3) is 27.6 Å². The topological polar surface area (TPSA) is 55.1 Å². The first-order chi connectivity index (χ1) is 13.9. The minimum Gasteiger partial charge on any atom is -0.457 e. The minimum absolute atomic E-state index is 0.280. The van der Waals surface area contributed by atoms with Crippen LogP contribution >= 0.6 is 34.5 Å². The van der Waals surface area contributed by atoms with Gasteiger partial charge in [-0.25, -0.2) is 4.98 Å². The van der Waals surface area contributed by atoms with Crippen molar-refractivity contribution in [3.63, 3.8) is 0 Å². The number of thiazole rings is 1. The van der Waals surface area contributed by atoms with Crippen molar-refractivity contribution in [2.45, 2.75) is 13.8 Å². The van der Waals surface area contributed by atoms with Crippen molar-refractivity contribution in [3.05, 3.63) is 75.5 Å². The van der Waals surface area contributed by atoms with E-state index in [0.717, 1.165) is 21.3 Å². The van der Waals surface area contributed by atoms with E-state index in [-0.39, 0.29) is 5.91 Å². The van der Waals surface area contributed by atoms with Gasteiger partial charge in [0.25, 0.3) is 0 Å². The van der Waals surface area contributed by atoms with E-state index in [2.05, 4.69) is 16.4 Å². The molecule has 0 spiro atoms. The Morgan fingerprint density at radius 1 is 1.10 bits per heavy atom. The third-order valence-electron chi connectivity index (χ3n) is 4.42. The van der Waals surface area contributed by atoms with E-state index in [0.29, 0.717) is 32.3 Å². The van der Waals surface area contributed by atoms with Crippen molar-refractivity contribution in [3.8, 4) is 11.3 Å². The van der Waals surface area contributed by atoms with E-state index >= 15 is 0 Å². The molecule has 29 heavy (non-hydrogen) atoms. The van der Waals surface area contributed by atoms with Gasteiger partial charge in [-0.1, -0.05) is 52.7 Å². The summed E-state index contributed by atoms with van der Waals surface area (Å²) in [6.45, 7) is 4.04. The van der Waals surface area contributed by atoms with Crippen LogP contribution in [0.1, 0.15) is 16.9 Å². The Hall–Kier alpha value is -2.60. The summed E-state index contributed by atoms with van der Waals surface area (Å²) in [7, 11) is 0. The second-order valence-corrected chi connectivity index (χ2v) is 8.31. The summed E-state index contributed by atoms with van der Waals surface area (Å²) in [6.07, 6.45) is 3.01. The Bertz CT molecular complexity index is 1220. The zero-order chi connectivity index (χ0) is 20.5. The maximum atomic E-state index is 12.3. The van der Waals surface area contributed by atoms with Crippen LogP contribution in [-0.2, 0) is 4.79 Å². The molecule has 4 rings (SSSR count). The summed E-state index contributed by atoms with van der Waals surface area (Å²) >= 11 is 13.7. The van der Waals surface area contributed by atoms with Gasteiger partial charge in [0.05, 0.1) is 20.3 Å². The van der Waals surface area contributed by atoms with Crippen LogP contribution in [0.4, 0.5) is 5.13 Å². The number of aromatic nitrogens is 1. The molecule has 4 nitrogen and oxygen atoms in total. The lowest BCUT2D eigenvalue weighted by Crippen LogP contribution is -2.07. The monoisotopic (exact) mass is 442 g/mol. The van der Waals surface area contributed by atoms with Crippen molar-refractivity contribution in [1.29, 1.82) is 0 Å². The Labute approximate surface area is 181 Å². The van der Waals surface area contributed by atoms with Gasteiger partial charge in [-0.3, -0.25) is 10.1 Å². The van der Waals surface area contributed by atoms with E-state index in [4.69, 9.17) is 27.6 Å². The molecule has 2 aromatic carbocycles. The Morgan fingerprint density at radius 2 is 1.90 bits per heavy atom. The fraction of sp³-hybridized carbons (Fsp3) is 0.0909. The summed E-state index contributed by atoms with van der Waals surface area (Å²) in [4.78, 5) is 16.8. The summed E-state index contributed by atoms with van der Waals surface area (Å²) < 4.78 is 6.84. The van der Waals surface area contributed by atoms with Crippen molar-refractivity contribution in [2.24, 2.45) is 0 Å². The molecule has 0 saturated carbocycles. The lowest BCUT2D eigenvalue weighted by molar-refractivity contribution is -0.111. The molecule has 1 N–H and O–H groups in total. The average Bonchev–Trinajstić information content (AvgIpc) is 3.33. The lowest BCUT2D eigenvalue weighted by Gasteiger charge is -2.01. The first-order valence-corrected chi connectivity index (χ1v) is 10.4. The van der Waals surface area contributed by atoms with E-state index in [1.165, 1.54) is 17.4 Å². The molecule has 2 aromatic heterocycles. The van der Waals surface area contributed by atoms with Gasteiger partial charge in [0.15, 0.2) is 5.13 Å². The first-order valence-electron chi connectivity index (χ1n) is 8.82. The van der Waals surface area contributed by atoms with Gasteiger partial charge in [-0.15, -0.1) is 0 Å². The van der Waals surface area contributed by atoms with Crippen molar-refractivity contribution in [2.75, 3.05) is 5.32 Å². The summed E-state index contributed by atoms with van der Waals surface area (Å²) in [6, 6.07) is 13.0. The molecule has 0 radical (unpaired) electrons. The molecule has 0 aliphatic heterocycles. The predicted octanol–water partition coefficient (Wildman–Crippen LogP) is 7.13. The SMILES string of the molecule is Cc1ccc(C)c2sc(NC(=O)/C=C/c3ccc(-c4cccc(Cl)c4Cl)o3)nc12. The number of rotatable bonds is 4. The fourth-order valence-corrected chi connectivity index (χ4v) is 4.31. The lowest BCUT2D eigenvalue weighted by atomic mass is 10.1. The van der Waals surface area contributed by atoms with E-state index in [1.807, 2.05) is 26.0 Å². The van der Waals surface area contributed by atoms with Gasteiger partial charge >= 0.3 is 0 Å². The van der Waals surface area contributed by atoms with Gasteiger partial charge in [-0.2, -0.15) is 0 Å². The molecule has 0 aliphatic rings. The number of nitrogens with one attached hydrogen (secondary N) is 1. The van der Waals surface area contributed by atoms with Crippen molar-refractivity contribution < 1.29 is 9.21 Å². The second-order valence-electron chi connectivity index (χ2n) is 6.52. The number of benzene rings is 2. The molecule has 0 bridgehead atoms. The highest BCUT2D eigenvalue weighted by Gasteiger charge is 2.12. The third kappa shape index (κ3) is 4.08. The molecule has 0 atom stereocenters. The minimum atomic E-state index is -0.280. The highest BCUT2D eigenvalue weighted by molar-refractivity contribution is 7.22. The van der Waals surface area contributed by atoms with Crippen molar-refractivity contribution in [1.82, 2.24) is 4.98 Å². The predicted molar refractivity (Wildman–Crippen MR) is 121 cm³/mol. The van der Waals surface area contributed by atoms with Crippen LogP contribution in [-0.4, -0.2) is 10.9 Å². The number of carbonyl (C=O) groups is 1. The summed E-state index contributed by atoms with van der Waals surface area (Å²) in [5.41, 5.74) is 3.84. The number of anilines is 1. The average molecular weight is 443 g/mol. The number of aryl methyl sites for hydroxylation is 2. The quantitative estimate of drug-likeness (QED) is 0.341. The molecule has 0 saturated heterocycles. The highest BCUT2D eigenvalue weighted by atomic mass is 35.5. The molecular formula is C22H16Cl2N2O2S. The molecule has 7 heteroatoms. The van der Waals surface area contributed by atoms with Crippen molar-refractivity contribution >= 4 is 61.9 Å². The summed E-state index contributed by atoms with van der Waals surface area (Å²) in [5, 5.41) is 4.27. The van der Waals surface area contributed by atoms with Crippen LogP contribution in [0, 0.1) is 13.8 Å². The number of hydrogen-bond donors (Lipinski definition) is 1. The number of hydrogen-bond acceptors (Lipinski definition) is 4. The normalized spacial score (nSPS) is 11.4. The van der Waals surface area contributed by atoms with Crippen LogP contribution in [0.15, 0.2) is 53.0 Å². The molecule has 0 fully saturated rings. The highest BCUT2D eigenvalue weighted by Crippen LogP contribution is 2.34. The maximum absolute atomic E-state index is 12.3. The number of carbonyl (C=O) groups excluding carboxylic acids is 1. The zero-order valence-corrected chi connectivity index (χ0v) is 18.0. The third-order valence-corrected chi connectivity index (χ3v) is 6.34. The van der Waals surface area contributed by atoms with Crippen LogP contribution in [0.2, 0.25) is 10.0 Å². The fourth-order valence-electron chi connectivity index (χ4n) is 2.90. The van der Waals surface area contributed by atoms with Crippen LogP contribution in [0.3, 0.4) is 0 Å². The van der Waals surface area contributed by atoms with Gasteiger partial charge in [-0.05, 0) is 55.3 Å². The Kier molecular flexibility index (Phi) is 5.46. The molecule has 1 amide bonds. The van der Waals surface area contributed by atoms with Gasteiger partial charge in [0, 0.05) is 11.6 Å². The summed E-state index contributed by atoms with van der Waals surface area (Å²) in [5.74, 6) is 0.829. The first kappa shape index (κ1) is 19.7. The van der Waals surface area contributed by atoms with Crippen LogP contribution < -0.4 is 5.32 Å². The van der Waals surface area contributed by atoms with Gasteiger partial charge in [0.1, 0.15) is 11.5 Å². The largest absolute Gasteiger partial charge is 0.457 e. The number of fused-ring (bicyclic) bond motifs is 1. The Morgan fingerprint density at radius 3 is 2.69 bits per heavy atom. The number of nitrogens with zero attached hydrogens (tertiary/aromatic N) is 1. The second kappa shape index (κ2) is 8.03. The zero-order valence-electron chi connectivity index (χ0n) is 15.6. The van der Waals surface area contributed by atoms with E-state index in [9.17, 15) is 4.79 Å². The number of furan rings is 1. The van der Waals surface area contributed by atoms with E-state index < -0.39 is 0 Å². The number of halogens is 2.